The Labute approximate surface area is 164 Å². The second kappa shape index (κ2) is 7.90. The largest absolute Gasteiger partial charge is 0.363 e. The molecule has 1 aromatic carbocycles. The van der Waals surface area contributed by atoms with Crippen LogP contribution in [0.1, 0.15) is 29.3 Å². The number of fused-ring (bicyclic) bond motifs is 1. The number of anilines is 2. The highest BCUT2D eigenvalue weighted by atomic mass is 32.2. The Balaban J connectivity index is 1.54. The molecule has 0 radical (unpaired) electrons. The molecule has 146 valence electrons. The van der Waals surface area contributed by atoms with Gasteiger partial charge in [-0.25, -0.2) is 8.42 Å². The monoisotopic (exact) mass is 407 g/mol. The van der Waals surface area contributed by atoms with Gasteiger partial charge in [0.2, 0.25) is 10.0 Å². The van der Waals surface area contributed by atoms with Crippen molar-refractivity contribution in [2.24, 2.45) is 5.92 Å². The van der Waals surface area contributed by atoms with Gasteiger partial charge < -0.3 is 10.2 Å². The van der Waals surface area contributed by atoms with Crippen LogP contribution in [-0.4, -0.2) is 40.2 Å². The minimum atomic E-state index is -3.32. The van der Waals surface area contributed by atoms with Gasteiger partial charge in [-0.2, -0.15) is 0 Å². The molecule has 1 aliphatic rings. The summed E-state index contributed by atoms with van der Waals surface area (Å²) in [6, 6.07) is 9.02. The van der Waals surface area contributed by atoms with Crippen molar-refractivity contribution in [3.05, 3.63) is 46.8 Å². The van der Waals surface area contributed by atoms with Gasteiger partial charge in [0, 0.05) is 30.9 Å². The molecule has 0 saturated heterocycles. The van der Waals surface area contributed by atoms with E-state index in [0.717, 1.165) is 19.1 Å². The first-order valence-corrected chi connectivity index (χ1v) is 11.7. The standard InChI is InChI=1S/C19H25N3O3S2/c1-13-12-15-9-11-26-19(15)22(2)17(13)8-10-20-18(23)14-4-6-16(7-5-14)21-27(3,24)25/h4-7,9,11,13,17,21H,8,10,12H2,1-3H3,(H,20,23)/t13-,17-/m1/s1. The third-order valence-corrected chi connectivity index (χ3v) is 6.57. The SMILES string of the molecule is C[C@@H]1Cc2ccsc2N(C)[C@@H]1CCNC(=O)c1ccc(NS(C)(=O)=O)cc1. The summed E-state index contributed by atoms with van der Waals surface area (Å²) in [5.74, 6) is 0.388. The number of nitrogens with one attached hydrogen (secondary N) is 2. The van der Waals surface area contributed by atoms with E-state index in [1.807, 2.05) is 0 Å². The summed E-state index contributed by atoms with van der Waals surface area (Å²) in [5, 5.41) is 6.44. The first kappa shape index (κ1) is 19.7. The van der Waals surface area contributed by atoms with Crippen molar-refractivity contribution >= 4 is 38.0 Å². The number of carbonyl (C=O) groups excluding carboxylic acids is 1. The number of sulfonamides is 1. The Morgan fingerprint density at radius 2 is 1.96 bits per heavy atom. The average molecular weight is 408 g/mol. The van der Waals surface area contributed by atoms with Gasteiger partial charge in [-0.15, -0.1) is 11.3 Å². The van der Waals surface area contributed by atoms with Gasteiger partial charge in [-0.3, -0.25) is 9.52 Å². The molecule has 1 aromatic heterocycles. The molecule has 2 heterocycles. The third kappa shape index (κ3) is 4.81. The molecule has 27 heavy (non-hydrogen) atoms. The molecule has 0 saturated carbocycles. The van der Waals surface area contributed by atoms with Crippen LogP contribution in [0.5, 0.6) is 0 Å². The zero-order valence-electron chi connectivity index (χ0n) is 15.7. The maximum absolute atomic E-state index is 12.3. The zero-order valence-corrected chi connectivity index (χ0v) is 17.4. The molecule has 1 amide bonds. The van der Waals surface area contributed by atoms with Crippen LogP contribution in [-0.2, 0) is 16.4 Å². The predicted molar refractivity (Wildman–Crippen MR) is 111 cm³/mol. The normalized spacial score (nSPS) is 19.4. The van der Waals surface area contributed by atoms with Crippen LogP contribution in [0.4, 0.5) is 10.7 Å². The molecule has 2 atom stereocenters. The molecule has 0 bridgehead atoms. The summed E-state index contributed by atoms with van der Waals surface area (Å²) < 4.78 is 24.8. The number of nitrogens with zero attached hydrogens (tertiary/aromatic N) is 1. The second-order valence-electron chi connectivity index (χ2n) is 7.11. The van der Waals surface area contributed by atoms with Gasteiger partial charge in [0.05, 0.1) is 11.3 Å². The smallest absolute Gasteiger partial charge is 0.251 e. The highest BCUT2D eigenvalue weighted by Gasteiger charge is 2.30. The molecule has 8 heteroatoms. The third-order valence-electron chi connectivity index (χ3n) is 4.92. The number of thiophene rings is 1. The Morgan fingerprint density at radius 3 is 2.63 bits per heavy atom. The Bertz CT molecular complexity index is 907. The summed E-state index contributed by atoms with van der Waals surface area (Å²) >= 11 is 1.77. The summed E-state index contributed by atoms with van der Waals surface area (Å²) in [7, 11) is -1.19. The molecule has 0 unspecified atom stereocenters. The van der Waals surface area contributed by atoms with E-state index in [9.17, 15) is 13.2 Å². The van der Waals surface area contributed by atoms with Gasteiger partial charge >= 0.3 is 0 Å². The maximum Gasteiger partial charge on any atom is 0.251 e. The van der Waals surface area contributed by atoms with Gasteiger partial charge in [0.1, 0.15) is 0 Å². The molecule has 2 aromatic rings. The van der Waals surface area contributed by atoms with Crippen molar-refractivity contribution in [1.82, 2.24) is 5.32 Å². The molecule has 0 fully saturated rings. The minimum Gasteiger partial charge on any atom is -0.363 e. The molecule has 6 nitrogen and oxygen atoms in total. The minimum absolute atomic E-state index is 0.149. The van der Waals surface area contributed by atoms with E-state index in [4.69, 9.17) is 0 Å². The number of amides is 1. The lowest BCUT2D eigenvalue weighted by molar-refractivity contribution is 0.0951. The van der Waals surface area contributed by atoms with Crippen LogP contribution < -0.4 is 14.9 Å². The predicted octanol–water partition coefficient (Wildman–Crippen LogP) is 2.94. The quantitative estimate of drug-likeness (QED) is 0.772. The van der Waals surface area contributed by atoms with Crippen LogP contribution in [0.3, 0.4) is 0 Å². The zero-order chi connectivity index (χ0) is 19.6. The highest BCUT2D eigenvalue weighted by Crippen LogP contribution is 2.37. The number of hydrogen-bond acceptors (Lipinski definition) is 5. The fraction of sp³-hybridized carbons (Fsp3) is 0.421. The van der Waals surface area contributed by atoms with E-state index < -0.39 is 10.0 Å². The lowest BCUT2D eigenvalue weighted by Crippen LogP contribution is -2.43. The van der Waals surface area contributed by atoms with Crippen molar-refractivity contribution < 1.29 is 13.2 Å². The average Bonchev–Trinajstić information content (AvgIpc) is 3.05. The van der Waals surface area contributed by atoms with Gasteiger partial charge in [0.15, 0.2) is 0 Å². The molecule has 0 spiro atoms. The first-order chi connectivity index (χ1) is 12.7. The summed E-state index contributed by atoms with van der Waals surface area (Å²) in [6.45, 7) is 2.86. The van der Waals surface area contributed by atoms with Crippen molar-refractivity contribution in [3.63, 3.8) is 0 Å². The van der Waals surface area contributed by atoms with Crippen LogP contribution in [0.25, 0.3) is 0 Å². The van der Waals surface area contributed by atoms with Gasteiger partial charge in [-0.05, 0) is 60.0 Å². The van der Waals surface area contributed by atoms with Crippen LogP contribution in [0.15, 0.2) is 35.7 Å². The topological polar surface area (TPSA) is 78.5 Å². The van der Waals surface area contributed by atoms with E-state index in [-0.39, 0.29) is 5.91 Å². The van der Waals surface area contributed by atoms with Gasteiger partial charge in [0.25, 0.3) is 5.91 Å². The molecule has 1 aliphatic heterocycles. The fourth-order valence-electron chi connectivity index (χ4n) is 3.63. The van der Waals surface area contributed by atoms with Crippen molar-refractivity contribution in [3.8, 4) is 0 Å². The van der Waals surface area contributed by atoms with E-state index in [1.54, 1.807) is 35.6 Å². The summed E-state index contributed by atoms with van der Waals surface area (Å²) in [5.41, 5.74) is 2.37. The van der Waals surface area contributed by atoms with Gasteiger partial charge in [-0.1, -0.05) is 6.92 Å². The molecular weight excluding hydrogens is 382 g/mol. The Kier molecular flexibility index (Phi) is 5.76. The van der Waals surface area contributed by atoms with E-state index in [2.05, 4.69) is 40.4 Å². The molecule has 0 aliphatic carbocycles. The number of benzene rings is 1. The van der Waals surface area contributed by atoms with E-state index >= 15 is 0 Å². The summed E-state index contributed by atoms with van der Waals surface area (Å²) in [6.07, 6.45) is 3.06. The van der Waals surface area contributed by atoms with Crippen LogP contribution in [0, 0.1) is 5.92 Å². The number of carbonyl (C=O) groups is 1. The fourth-order valence-corrected chi connectivity index (χ4v) is 5.16. The van der Waals surface area contributed by atoms with Crippen molar-refractivity contribution in [2.75, 3.05) is 29.5 Å². The second-order valence-corrected chi connectivity index (χ2v) is 9.75. The van der Waals surface area contributed by atoms with Crippen molar-refractivity contribution in [1.29, 1.82) is 0 Å². The van der Waals surface area contributed by atoms with E-state index in [1.165, 1.54) is 10.6 Å². The Hall–Kier alpha value is -2.06. The number of rotatable bonds is 6. The molecular formula is C19H25N3O3S2. The number of hydrogen-bond donors (Lipinski definition) is 2. The lowest BCUT2D eigenvalue weighted by atomic mass is 9.88. The summed E-state index contributed by atoms with van der Waals surface area (Å²) in [4.78, 5) is 14.7. The maximum atomic E-state index is 12.3. The lowest BCUT2D eigenvalue weighted by Gasteiger charge is -2.38. The van der Waals surface area contributed by atoms with Crippen LogP contribution >= 0.6 is 11.3 Å². The molecule has 2 N–H and O–H groups in total. The first-order valence-electron chi connectivity index (χ1n) is 8.90. The Morgan fingerprint density at radius 1 is 1.26 bits per heavy atom. The molecule has 3 rings (SSSR count). The highest BCUT2D eigenvalue weighted by molar-refractivity contribution is 7.92. The van der Waals surface area contributed by atoms with E-state index in [0.29, 0.717) is 29.8 Å². The van der Waals surface area contributed by atoms with Crippen LogP contribution in [0.2, 0.25) is 0 Å². The van der Waals surface area contributed by atoms with Crippen molar-refractivity contribution in [2.45, 2.75) is 25.8 Å².